The topological polar surface area (TPSA) is 88.5 Å². The summed E-state index contributed by atoms with van der Waals surface area (Å²) in [5, 5.41) is 13.6. The van der Waals surface area contributed by atoms with Gasteiger partial charge in [-0.25, -0.2) is 4.79 Å². The number of aryl methyl sites for hydroxylation is 1. The van der Waals surface area contributed by atoms with Crippen LogP contribution in [-0.4, -0.2) is 28.0 Å². The van der Waals surface area contributed by atoms with Gasteiger partial charge >= 0.3 is 5.97 Å². The molecule has 2 N–H and O–H groups in total. The number of nitrogens with zero attached hydrogens (tertiary/aromatic N) is 1. The number of fused-ring (bicyclic) bond motifs is 1. The van der Waals surface area contributed by atoms with Crippen LogP contribution in [0.2, 0.25) is 0 Å². The number of carbonyl (C=O) groups is 2. The van der Waals surface area contributed by atoms with E-state index in [1.807, 2.05) is 0 Å². The second-order valence-corrected chi connectivity index (χ2v) is 5.65. The van der Waals surface area contributed by atoms with Gasteiger partial charge in [-0.1, -0.05) is 6.07 Å². The molecule has 7 heteroatoms. The van der Waals surface area contributed by atoms with Crippen molar-refractivity contribution in [3.63, 3.8) is 0 Å². The highest BCUT2D eigenvalue weighted by molar-refractivity contribution is 7.03. The van der Waals surface area contributed by atoms with Crippen LogP contribution < -0.4 is 10.1 Å². The van der Waals surface area contributed by atoms with E-state index in [-0.39, 0.29) is 0 Å². The lowest BCUT2D eigenvalue weighted by molar-refractivity contribution is -0.139. The maximum absolute atomic E-state index is 12.2. The van der Waals surface area contributed by atoms with Crippen LogP contribution >= 0.6 is 11.5 Å². The molecule has 22 heavy (non-hydrogen) atoms. The van der Waals surface area contributed by atoms with Crippen LogP contribution in [0.3, 0.4) is 0 Å². The minimum absolute atomic E-state index is 0.403. The zero-order valence-electron chi connectivity index (χ0n) is 11.8. The van der Waals surface area contributed by atoms with Crippen LogP contribution in [0.4, 0.5) is 0 Å². The molecular weight excluding hydrogens is 304 g/mol. The molecule has 0 bridgehead atoms. The number of aromatic nitrogens is 1. The Labute approximate surface area is 130 Å². The molecule has 2 aromatic rings. The average Bonchev–Trinajstić information content (AvgIpc) is 3.11. The van der Waals surface area contributed by atoms with Gasteiger partial charge in [-0.15, -0.1) is 0 Å². The first-order chi connectivity index (χ1) is 10.6. The van der Waals surface area contributed by atoms with E-state index in [4.69, 9.17) is 4.74 Å². The summed E-state index contributed by atoms with van der Waals surface area (Å²) in [5.41, 5.74) is 2.49. The van der Waals surface area contributed by atoms with Crippen LogP contribution in [0.1, 0.15) is 33.2 Å². The van der Waals surface area contributed by atoms with E-state index in [2.05, 4.69) is 9.69 Å². The Morgan fingerprint density at radius 2 is 2.27 bits per heavy atom. The van der Waals surface area contributed by atoms with E-state index in [9.17, 15) is 14.7 Å². The number of benzene rings is 1. The van der Waals surface area contributed by atoms with Gasteiger partial charge in [0, 0.05) is 11.8 Å². The number of carboxylic acid groups (broad SMARTS) is 1. The molecule has 0 unspecified atom stereocenters. The SMILES string of the molecule is Cc1nscc1C(=O)N[C@H](C(=O)O)c1ccc2c(c1)CCO2. The van der Waals surface area contributed by atoms with E-state index in [1.54, 1.807) is 30.5 Å². The van der Waals surface area contributed by atoms with E-state index in [1.165, 1.54) is 11.5 Å². The molecule has 1 aliphatic heterocycles. The van der Waals surface area contributed by atoms with Gasteiger partial charge in [0.1, 0.15) is 5.75 Å². The average molecular weight is 318 g/mol. The normalized spacial score (nSPS) is 14.0. The zero-order valence-corrected chi connectivity index (χ0v) is 12.6. The highest BCUT2D eigenvalue weighted by Crippen LogP contribution is 2.28. The third kappa shape index (κ3) is 2.67. The van der Waals surface area contributed by atoms with Crippen LogP contribution in [0, 0.1) is 6.92 Å². The van der Waals surface area contributed by atoms with Crippen LogP contribution in [0.25, 0.3) is 0 Å². The smallest absolute Gasteiger partial charge is 0.330 e. The van der Waals surface area contributed by atoms with Crippen molar-refractivity contribution in [3.8, 4) is 5.75 Å². The van der Waals surface area contributed by atoms with Crippen molar-refractivity contribution < 1.29 is 19.4 Å². The molecule has 0 spiro atoms. The maximum Gasteiger partial charge on any atom is 0.330 e. The Morgan fingerprint density at radius 3 is 2.95 bits per heavy atom. The number of ether oxygens (including phenoxy) is 1. The molecule has 1 aromatic carbocycles. The zero-order chi connectivity index (χ0) is 15.7. The quantitative estimate of drug-likeness (QED) is 0.899. The largest absolute Gasteiger partial charge is 0.493 e. The van der Waals surface area contributed by atoms with Crippen molar-refractivity contribution in [2.75, 3.05) is 6.61 Å². The molecule has 0 radical (unpaired) electrons. The van der Waals surface area contributed by atoms with Crippen LogP contribution in [-0.2, 0) is 11.2 Å². The van der Waals surface area contributed by atoms with Gasteiger partial charge in [0.25, 0.3) is 5.91 Å². The van der Waals surface area contributed by atoms with Gasteiger partial charge in [-0.2, -0.15) is 4.37 Å². The monoisotopic (exact) mass is 318 g/mol. The molecule has 114 valence electrons. The summed E-state index contributed by atoms with van der Waals surface area (Å²) < 4.78 is 9.43. The molecule has 1 amide bonds. The first-order valence-corrected chi connectivity index (χ1v) is 7.60. The van der Waals surface area contributed by atoms with Crippen molar-refractivity contribution in [1.82, 2.24) is 9.69 Å². The Kier molecular flexibility index (Phi) is 3.81. The van der Waals surface area contributed by atoms with Gasteiger partial charge < -0.3 is 15.2 Å². The molecule has 0 saturated heterocycles. The van der Waals surface area contributed by atoms with Gasteiger partial charge in [0.15, 0.2) is 6.04 Å². The van der Waals surface area contributed by atoms with Crippen molar-refractivity contribution in [1.29, 1.82) is 0 Å². The molecule has 6 nitrogen and oxygen atoms in total. The van der Waals surface area contributed by atoms with E-state index < -0.39 is 17.9 Å². The fourth-order valence-corrected chi connectivity index (χ4v) is 3.09. The summed E-state index contributed by atoms with van der Waals surface area (Å²) in [6.45, 7) is 2.32. The second kappa shape index (κ2) is 5.76. The minimum Gasteiger partial charge on any atom is -0.493 e. The molecule has 0 fully saturated rings. The Balaban J connectivity index is 1.86. The Morgan fingerprint density at radius 1 is 1.45 bits per heavy atom. The first-order valence-electron chi connectivity index (χ1n) is 6.76. The fraction of sp³-hybridized carbons (Fsp3) is 0.267. The molecule has 1 aromatic heterocycles. The van der Waals surface area contributed by atoms with E-state index >= 15 is 0 Å². The third-order valence-electron chi connectivity index (χ3n) is 3.56. The minimum atomic E-state index is -1.10. The number of hydrogen-bond acceptors (Lipinski definition) is 5. The van der Waals surface area contributed by atoms with Gasteiger partial charge in [-0.05, 0) is 41.7 Å². The molecule has 2 heterocycles. The molecule has 0 saturated carbocycles. The molecule has 3 rings (SSSR count). The highest BCUT2D eigenvalue weighted by atomic mass is 32.1. The second-order valence-electron chi connectivity index (χ2n) is 5.02. The Hall–Kier alpha value is -2.41. The number of hydrogen-bond donors (Lipinski definition) is 2. The Bertz CT molecular complexity index is 741. The predicted octanol–water partition coefficient (Wildman–Crippen LogP) is 1.94. The summed E-state index contributed by atoms with van der Waals surface area (Å²) >= 11 is 1.17. The summed E-state index contributed by atoms with van der Waals surface area (Å²) in [5.74, 6) is -0.763. The molecule has 1 atom stereocenters. The number of carboxylic acids is 1. The lowest BCUT2D eigenvalue weighted by Gasteiger charge is -2.15. The number of aliphatic carboxylic acids is 1. The van der Waals surface area contributed by atoms with Gasteiger partial charge in [0.05, 0.1) is 17.9 Å². The highest BCUT2D eigenvalue weighted by Gasteiger charge is 2.25. The van der Waals surface area contributed by atoms with Crippen molar-refractivity contribution in [2.45, 2.75) is 19.4 Å². The summed E-state index contributed by atoms with van der Waals surface area (Å²) in [6, 6.07) is 4.09. The lowest BCUT2D eigenvalue weighted by atomic mass is 10.0. The van der Waals surface area contributed by atoms with Gasteiger partial charge in [0.2, 0.25) is 0 Å². The van der Waals surface area contributed by atoms with Gasteiger partial charge in [-0.3, -0.25) is 4.79 Å². The number of carbonyl (C=O) groups excluding carboxylic acids is 1. The third-order valence-corrected chi connectivity index (χ3v) is 4.28. The molecule has 0 aliphatic carbocycles. The fourth-order valence-electron chi connectivity index (χ4n) is 2.39. The molecular formula is C15H14N2O4S. The number of amides is 1. The number of rotatable bonds is 4. The standard InChI is InChI=1S/C15H14N2O4S/c1-8-11(7-22-17-8)14(18)16-13(15(19)20)10-2-3-12-9(6-10)4-5-21-12/h2-3,6-7,13H,4-5H2,1H3,(H,16,18)(H,19,20)/t13-/m0/s1. The van der Waals surface area contributed by atoms with Crippen LogP contribution in [0.15, 0.2) is 23.6 Å². The predicted molar refractivity (Wildman–Crippen MR) is 80.3 cm³/mol. The summed E-state index contributed by atoms with van der Waals surface area (Å²) in [6.07, 6.45) is 0.747. The summed E-state index contributed by atoms with van der Waals surface area (Å²) in [4.78, 5) is 23.7. The number of nitrogens with one attached hydrogen (secondary N) is 1. The van der Waals surface area contributed by atoms with E-state index in [0.717, 1.165) is 17.7 Å². The maximum atomic E-state index is 12.2. The van der Waals surface area contributed by atoms with Crippen LogP contribution in [0.5, 0.6) is 5.75 Å². The van der Waals surface area contributed by atoms with Crippen molar-refractivity contribution >= 4 is 23.4 Å². The summed E-state index contributed by atoms with van der Waals surface area (Å²) in [7, 11) is 0. The van der Waals surface area contributed by atoms with Crippen molar-refractivity contribution in [2.24, 2.45) is 0 Å². The lowest BCUT2D eigenvalue weighted by Crippen LogP contribution is -2.33. The first kappa shape index (κ1) is 14.5. The molecule has 1 aliphatic rings. The van der Waals surface area contributed by atoms with E-state index in [0.29, 0.717) is 23.4 Å². The van der Waals surface area contributed by atoms with Crippen molar-refractivity contribution in [3.05, 3.63) is 46.0 Å².